The molecule has 0 amide bonds. The maximum atomic E-state index is 12.1. The van der Waals surface area contributed by atoms with Crippen molar-refractivity contribution < 1.29 is 14.6 Å². The Balaban J connectivity index is 1.45. The van der Waals surface area contributed by atoms with Crippen LogP contribution in [0, 0.1) is 0 Å². The van der Waals surface area contributed by atoms with Gasteiger partial charge in [-0.2, -0.15) is 0 Å². The predicted octanol–water partition coefficient (Wildman–Crippen LogP) is 6.51. The fraction of sp³-hybridized carbons (Fsp3) is 0.200. The Labute approximate surface area is 213 Å². The molecule has 0 unspecified atom stereocenters. The van der Waals surface area contributed by atoms with E-state index in [0.29, 0.717) is 31.7 Å². The van der Waals surface area contributed by atoms with E-state index in [4.69, 9.17) is 4.74 Å². The smallest absolute Gasteiger partial charge is 0.179 e. The summed E-state index contributed by atoms with van der Waals surface area (Å²) in [5.41, 5.74) is 4.49. The molecule has 2 aromatic heterocycles. The number of imidazole rings is 1. The molecule has 0 radical (unpaired) electrons. The molecule has 36 heavy (non-hydrogen) atoms. The van der Waals surface area contributed by atoms with Gasteiger partial charge < -0.3 is 9.84 Å². The van der Waals surface area contributed by atoms with Crippen LogP contribution in [0.1, 0.15) is 35.8 Å². The van der Waals surface area contributed by atoms with E-state index in [1.165, 1.54) is 0 Å². The first-order valence-corrected chi connectivity index (χ1v) is 12.9. The SMILES string of the molecule is CC(=O)c1cn2c(cc(-c3ccccc3)c3ccc(Sc4cccc(C5(O)CCOCC5)c4)cc32)n1. The number of hydrogen-bond acceptors (Lipinski definition) is 5. The quantitative estimate of drug-likeness (QED) is 0.282. The number of pyridine rings is 1. The summed E-state index contributed by atoms with van der Waals surface area (Å²) in [5.74, 6) is -0.0542. The van der Waals surface area contributed by atoms with Gasteiger partial charge in [-0.05, 0) is 47.0 Å². The lowest BCUT2D eigenvalue weighted by Crippen LogP contribution is -2.33. The van der Waals surface area contributed by atoms with E-state index in [1.54, 1.807) is 18.7 Å². The highest BCUT2D eigenvalue weighted by atomic mass is 32.2. The number of carbonyl (C=O) groups is 1. The van der Waals surface area contributed by atoms with Crippen molar-refractivity contribution in [2.45, 2.75) is 35.2 Å². The number of aromatic nitrogens is 2. The summed E-state index contributed by atoms with van der Waals surface area (Å²) >= 11 is 1.66. The fourth-order valence-corrected chi connectivity index (χ4v) is 5.82. The normalized spacial score (nSPS) is 15.4. The molecule has 5 nitrogen and oxygen atoms in total. The van der Waals surface area contributed by atoms with Gasteiger partial charge in [0, 0.05) is 54.4 Å². The molecule has 0 aliphatic carbocycles. The lowest BCUT2D eigenvalue weighted by Gasteiger charge is -2.32. The maximum Gasteiger partial charge on any atom is 0.179 e. The van der Waals surface area contributed by atoms with Crippen LogP contribution in [0.4, 0.5) is 0 Å². The summed E-state index contributed by atoms with van der Waals surface area (Å²) in [6, 6.07) is 26.9. The van der Waals surface area contributed by atoms with Crippen LogP contribution >= 0.6 is 11.8 Å². The van der Waals surface area contributed by atoms with Crippen molar-refractivity contribution in [1.82, 2.24) is 9.38 Å². The summed E-state index contributed by atoms with van der Waals surface area (Å²) in [6.45, 7) is 2.69. The molecule has 1 aliphatic heterocycles. The third-order valence-electron chi connectivity index (χ3n) is 6.90. The minimum absolute atomic E-state index is 0.0542. The second-order valence-corrected chi connectivity index (χ2v) is 10.4. The van der Waals surface area contributed by atoms with Crippen molar-refractivity contribution in [3.63, 3.8) is 0 Å². The van der Waals surface area contributed by atoms with Crippen LogP contribution in [0.3, 0.4) is 0 Å². The van der Waals surface area contributed by atoms with Crippen molar-refractivity contribution in [3.8, 4) is 11.1 Å². The second-order valence-electron chi connectivity index (χ2n) is 9.29. The van der Waals surface area contributed by atoms with Crippen molar-refractivity contribution in [2.24, 2.45) is 0 Å². The van der Waals surface area contributed by atoms with Gasteiger partial charge in [0.2, 0.25) is 0 Å². The zero-order valence-electron chi connectivity index (χ0n) is 20.0. The number of hydrogen-bond donors (Lipinski definition) is 1. The minimum Gasteiger partial charge on any atom is -0.385 e. The molecule has 0 spiro atoms. The molecule has 0 atom stereocenters. The van der Waals surface area contributed by atoms with Crippen LogP contribution in [0.2, 0.25) is 0 Å². The first-order chi connectivity index (χ1) is 17.5. The van der Waals surface area contributed by atoms with E-state index in [-0.39, 0.29) is 5.78 Å². The number of ketones is 1. The Morgan fingerprint density at radius 3 is 2.53 bits per heavy atom. The number of nitrogens with zero attached hydrogens (tertiary/aromatic N) is 2. The van der Waals surface area contributed by atoms with Crippen LogP contribution in [0.5, 0.6) is 0 Å². The second kappa shape index (κ2) is 9.21. The zero-order valence-corrected chi connectivity index (χ0v) is 20.8. The number of Topliss-reactive ketones (excluding diaryl/α,β-unsaturated/α-hetero) is 1. The molecule has 3 aromatic carbocycles. The first-order valence-electron chi connectivity index (χ1n) is 12.1. The molecule has 6 rings (SSSR count). The predicted molar refractivity (Wildman–Crippen MR) is 143 cm³/mol. The van der Waals surface area contributed by atoms with Crippen molar-refractivity contribution >= 4 is 34.1 Å². The average Bonchev–Trinajstić information content (AvgIpc) is 3.35. The summed E-state index contributed by atoms with van der Waals surface area (Å²) < 4.78 is 7.46. The molecule has 5 aromatic rings. The monoisotopic (exact) mass is 494 g/mol. The zero-order chi connectivity index (χ0) is 24.7. The summed E-state index contributed by atoms with van der Waals surface area (Å²) in [7, 11) is 0. The maximum absolute atomic E-state index is 12.1. The van der Waals surface area contributed by atoms with E-state index >= 15 is 0 Å². The minimum atomic E-state index is -0.838. The van der Waals surface area contributed by atoms with Crippen LogP contribution in [-0.4, -0.2) is 33.5 Å². The van der Waals surface area contributed by atoms with Crippen LogP contribution in [0.25, 0.3) is 27.7 Å². The van der Waals surface area contributed by atoms with E-state index in [2.05, 4.69) is 53.5 Å². The molecular weight excluding hydrogens is 468 g/mol. The fourth-order valence-electron chi connectivity index (χ4n) is 4.91. The average molecular weight is 495 g/mol. The van der Waals surface area contributed by atoms with Crippen LogP contribution < -0.4 is 0 Å². The lowest BCUT2D eigenvalue weighted by atomic mass is 9.87. The lowest BCUT2D eigenvalue weighted by molar-refractivity contribution is -0.0680. The van der Waals surface area contributed by atoms with E-state index in [0.717, 1.165) is 43.0 Å². The van der Waals surface area contributed by atoms with Gasteiger partial charge in [0.15, 0.2) is 5.78 Å². The van der Waals surface area contributed by atoms with Gasteiger partial charge in [-0.1, -0.05) is 60.3 Å². The van der Waals surface area contributed by atoms with Crippen LogP contribution in [-0.2, 0) is 10.3 Å². The molecule has 0 bridgehead atoms. The standard InChI is InChI=1S/C30H26N2O3S/c1-20(33)27-19-32-28-17-24(36-23-9-5-8-22(16-23)30(34)12-14-35-15-13-30)10-11-25(28)26(18-29(32)31-27)21-6-3-2-4-7-21/h2-11,16-19,34H,12-15H2,1H3. The van der Waals surface area contributed by atoms with Crippen molar-refractivity contribution in [2.75, 3.05) is 13.2 Å². The Bertz CT molecular complexity index is 1590. The van der Waals surface area contributed by atoms with Crippen LogP contribution in [0.15, 0.2) is 94.9 Å². The largest absolute Gasteiger partial charge is 0.385 e. The molecule has 1 saturated heterocycles. The van der Waals surface area contributed by atoms with Gasteiger partial charge in [-0.3, -0.25) is 9.20 Å². The molecule has 1 N–H and O–H groups in total. The Kier molecular flexibility index (Phi) is 5.88. The van der Waals surface area contributed by atoms with Gasteiger partial charge in [0.05, 0.1) is 11.1 Å². The third-order valence-corrected chi connectivity index (χ3v) is 7.88. The highest BCUT2D eigenvalue weighted by Gasteiger charge is 2.31. The Hall–Kier alpha value is -3.45. The number of benzene rings is 3. The topological polar surface area (TPSA) is 63.8 Å². The molecular formula is C30H26N2O3S. The number of rotatable bonds is 5. The molecule has 1 aliphatic rings. The summed E-state index contributed by atoms with van der Waals surface area (Å²) in [6.07, 6.45) is 3.04. The number of ether oxygens (including phenoxy) is 1. The van der Waals surface area contributed by atoms with Crippen molar-refractivity contribution in [1.29, 1.82) is 0 Å². The summed E-state index contributed by atoms with van der Waals surface area (Å²) in [5, 5.41) is 12.2. The number of fused-ring (bicyclic) bond motifs is 3. The first kappa shape index (κ1) is 23.0. The molecule has 3 heterocycles. The van der Waals surface area contributed by atoms with E-state index in [1.807, 2.05) is 40.9 Å². The number of aliphatic hydroxyl groups is 1. The molecule has 1 fully saturated rings. The Morgan fingerprint density at radius 2 is 1.75 bits per heavy atom. The number of carbonyl (C=O) groups excluding carboxylic acids is 1. The van der Waals surface area contributed by atoms with Gasteiger partial charge in [-0.15, -0.1) is 0 Å². The molecule has 6 heteroatoms. The van der Waals surface area contributed by atoms with Gasteiger partial charge in [0.25, 0.3) is 0 Å². The van der Waals surface area contributed by atoms with E-state index in [9.17, 15) is 9.90 Å². The highest BCUT2D eigenvalue weighted by molar-refractivity contribution is 7.99. The third kappa shape index (κ3) is 4.22. The van der Waals surface area contributed by atoms with E-state index < -0.39 is 5.60 Å². The molecule has 180 valence electrons. The van der Waals surface area contributed by atoms with Crippen molar-refractivity contribution in [3.05, 3.63) is 96.3 Å². The van der Waals surface area contributed by atoms with Gasteiger partial charge >= 0.3 is 0 Å². The summed E-state index contributed by atoms with van der Waals surface area (Å²) in [4.78, 5) is 18.8. The Morgan fingerprint density at radius 1 is 0.972 bits per heavy atom. The molecule has 0 saturated carbocycles. The van der Waals surface area contributed by atoms with Gasteiger partial charge in [-0.25, -0.2) is 4.98 Å². The highest BCUT2D eigenvalue weighted by Crippen LogP contribution is 2.38. The van der Waals surface area contributed by atoms with Gasteiger partial charge in [0.1, 0.15) is 11.3 Å².